The molecule has 1 atom stereocenters. The van der Waals surface area contributed by atoms with E-state index in [1.807, 2.05) is 0 Å². The summed E-state index contributed by atoms with van der Waals surface area (Å²) in [7, 11) is 0. The summed E-state index contributed by atoms with van der Waals surface area (Å²) < 4.78 is 40.5. The minimum atomic E-state index is -4.42. The first-order chi connectivity index (χ1) is 15.9. The van der Waals surface area contributed by atoms with Crippen molar-refractivity contribution in [3.8, 4) is 0 Å². The van der Waals surface area contributed by atoms with Gasteiger partial charge in [-0.3, -0.25) is 9.36 Å². The van der Waals surface area contributed by atoms with E-state index in [9.17, 15) is 18.0 Å². The van der Waals surface area contributed by atoms with E-state index in [1.165, 1.54) is 34.6 Å². The van der Waals surface area contributed by atoms with Crippen LogP contribution in [0.5, 0.6) is 0 Å². The fourth-order valence-corrected chi connectivity index (χ4v) is 5.47. The molecule has 1 aliphatic carbocycles. The minimum absolute atomic E-state index is 0.0413. The molecule has 33 heavy (non-hydrogen) atoms. The van der Waals surface area contributed by atoms with Crippen molar-refractivity contribution in [1.29, 1.82) is 0 Å². The summed E-state index contributed by atoms with van der Waals surface area (Å²) in [5, 5.41) is 4.13. The van der Waals surface area contributed by atoms with Crippen LogP contribution in [0.3, 0.4) is 0 Å². The molecule has 1 aliphatic rings. The van der Waals surface area contributed by atoms with Crippen molar-refractivity contribution >= 4 is 21.6 Å². The summed E-state index contributed by atoms with van der Waals surface area (Å²) in [5.74, 6) is 0. The monoisotopic (exact) mass is 471 g/mol. The molecular weight excluding hydrogens is 451 g/mol. The summed E-state index contributed by atoms with van der Waals surface area (Å²) in [6.07, 6.45) is 4.51. The lowest BCUT2D eigenvalue weighted by atomic mass is 9.93. The third-order valence-electron chi connectivity index (χ3n) is 5.85. The van der Waals surface area contributed by atoms with E-state index in [4.69, 9.17) is 0 Å². The molecule has 0 amide bonds. The van der Waals surface area contributed by atoms with Crippen LogP contribution in [0.2, 0.25) is 0 Å². The van der Waals surface area contributed by atoms with Crippen LogP contribution in [0.15, 0.2) is 54.1 Å². The Bertz CT molecular complexity index is 1350. The first-order valence-electron chi connectivity index (χ1n) is 10.5. The number of aryl methyl sites for hydroxylation is 1. The normalized spacial score (nSPS) is 16.2. The van der Waals surface area contributed by atoms with Crippen LogP contribution in [0, 0.1) is 0 Å². The molecule has 0 fully saturated rings. The molecule has 6 nitrogen and oxygen atoms in total. The van der Waals surface area contributed by atoms with Crippen molar-refractivity contribution in [3.63, 3.8) is 0 Å². The molecule has 1 aromatic carbocycles. The summed E-state index contributed by atoms with van der Waals surface area (Å²) in [5.41, 5.74) is 1.51. The Balaban J connectivity index is 1.37. The van der Waals surface area contributed by atoms with Gasteiger partial charge in [0.1, 0.15) is 11.2 Å². The zero-order chi connectivity index (χ0) is 23.0. The smallest absolute Gasteiger partial charge is 0.309 e. The van der Waals surface area contributed by atoms with Gasteiger partial charge in [0.05, 0.1) is 23.8 Å². The van der Waals surface area contributed by atoms with Gasteiger partial charge in [-0.05, 0) is 42.5 Å². The molecule has 0 radical (unpaired) electrons. The first kappa shape index (κ1) is 21.7. The van der Waals surface area contributed by atoms with E-state index in [-0.39, 0.29) is 18.1 Å². The zero-order valence-corrected chi connectivity index (χ0v) is 18.3. The number of hydrogen-bond donors (Lipinski definition) is 1. The zero-order valence-electron chi connectivity index (χ0n) is 17.5. The highest BCUT2D eigenvalue weighted by Gasteiger charge is 2.30. The molecule has 170 valence electrons. The Morgan fingerprint density at radius 2 is 2.00 bits per heavy atom. The number of fused-ring (bicyclic) bond motifs is 3. The second-order valence-electron chi connectivity index (χ2n) is 8.13. The van der Waals surface area contributed by atoms with Gasteiger partial charge in [-0.15, -0.1) is 11.3 Å². The molecule has 4 aromatic rings. The number of benzene rings is 1. The van der Waals surface area contributed by atoms with Crippen LogP contribution < -0.4 is 10.9 Å². The van der Waals surface area contributed by atoms with Crippen LogP contribution in [0.1, 0.15) is 33.6 Å². The van der Waals surface area contributed by atoms with Gasteiger partial charge in [0.15, 0.2) is 0 Å². The highest BCUT2D eigenvalue weighted by atomic mass is 32.1. The molecule has 3 heterocycles. The lowest BCUT2D eigenvalue weighted by molar-refractivity contribution is -0.137. The lowest BCUT2D eigenvalue weighted by Crippen LogP contribution is -2.34. The Kier molecular flexibility index (Phi) is 5.71. The van der Waals surface area contributed by atoms with Gasteiger partial charge < -0.3 is 5.32 Å². The minimum Gasteiger partial charge on any atom is -0.309 e. The number of nitrogens with one attached hydrogen (secondary N) is 1. The molecular formula is C23H20F3N5OS. The largest absolute Gasteiger partial charge is 0.416 e. The van der Waals surface area contributed by atoms with E-state index in [1.54, 1.807) is 18.5 Å². The molecule has 1 unspecified atom stereocenters. The van der Waals surface area contributed by atoms with Gasteiger partial charge in [-0.25, -0.2) is 15.0 Å². The van der Waals surface area contributed by atoms with Crippen molar-refractivity contribution in [2.75, 3.05) is 0 Å². The number of nitrogens with zero attached hydrogens (tertiary/aromatic N) is 4. The van der Waals surface area contributed by atoms with Gasteiger partial charge in [-0.2, -0.15) is 13.2 Å². The Hall–Kier alpha value is -3.11. The maximum atomic E-state index is 13.2. The molecule has 0 saturated heterocycles. The SMILES string of the molecule is O=c1c2c3c(sc2ncn1Cc1cccc(C(F)(F)F)c1)CC(NCc1cncnc1)CC3. The Labute approximate surface area is 191 Å². The van der Waals surface area contributed by atoms with E-state index < -0.39 is 11.7 Å². The van der Waals surface area contributed by atoms with Crippen LogP contribution in [-0.4, -0.2) is 25.6 Å². The number of rotatable bonds is 5. The molecule has 10 heteroatoms. The standard InChI is InChI=1S/C23H20F3N5OS/c24-23(25,26)16-3-1-2-14(6-16)11-31-13-30-21-20(22(31)32)18-5-4-17(7-19(18)33-21)29-10-15-8-27-12-28-9-15/h1-3,6,8-9,12-13,17,29H,4-5,7,10-11H2. The fourth-order valence-electron chi connectivity index (χ4n) is 4.21. The predicted octanol–water partition coefficient (Wildman–Crippen LogP) is 3.96. The van der Waals surface area contributed by atoms with Gasteiger partial charge in [0.25, 0.3) is 5.56 Å². The average molecular weight is 472 g/mol. The van der Waals surface area contributed by atoms with Crippen molar-refractivity contribution in [3.05, 3.63) is 86.8 Å². The van der Waals surface area contributed by atoms with Crippen molar-refractivity contribution < 1.29 is 13.2 Å². The Morgan fingerprint density at radius 1 is 1.18 bits per heavy atom. The lowest BCUT2D eigenvalue weighted by Gasteiger charge is -2.23. The predicted molar refractivity (Wildman–Crippen MR) is 119 cm³/mol. The Morgan fingerprint density at radius 3 is 2.79 bits per heavy atom. The molecule has 5 rings (SSSR count). The van der Waals surface area contributed by atoms with Crippen molar-refractivity contribution in [2.24, 2.45) is 0 Å². The number of aromatic nitrogens is 4. The third kappa shape index (κ3) is 4.53. The maximum absolute atomic E-state index is 13.2. The molecule has 1 N–H and O–H groups in total. The number of thiophene rings is 1. The maximum Gasteiger partial charge on any atom is 0.416 e. The van der Waals surface area contributed by atoms with Crippen LogP contribution in [0.4, 0.5) is 13.2 Å². The second kappa shape index (κ2) is 8.68. The van der Waals surface area contributed by atoms with Gasteiger partial charge in [0.2, 0.25) is 0 Å². The van der Waals surface area contributed by atoms with Crippen LogP contribution >= 0.6 is 11.3 Å². The summed E-state index contributed by atoms with van der Waals surface area (Å²) in [6.45, 7) is 0.716. The molecule has 0 saturated carbocycles. The van der Waals surface area contributed by atoms with E-state index >= 15 is 0 Å². The summed E-state index contributed by atoms with van der Waals surface area (Å²) in [6, 6.07) is 5.32. The first-order valence-corrected chi connectivity index (χ1v) is 11.3. The van der Waals surface area contributed by atoms with E-state index in [2.05, 4.69) is 20.3 Å². The molecule has 3 aromatic heterocycles. The number of hydrogen-bond acceptors (Lipinski definition) is 6. The van der Waals surface area contributed by atoms with Crippen LogP contribution in [-0.2, 0) is 32.1 Å². The van der Waals surface area contributed by atoms with Crippen LogP contribution in [0.25, 0.3) is 10.2 Å². The van der Waals surface area contributed by atoms with Crippen molar-refractivity contribution in [1.82, 2.24) is 24.8 Å². The van der Waals surface area contributed by atoms with Gasteiger partial charge >= 0.3 is 6.18 Å². The van der Waals surface area contributed by atoms with E-state index in [0.717, 1.165) is 47.4 Å². The fraction of sp³-hybridized carbons (Fsp3) is 0.304. The second-order valence-corrected chi connectivity index (χ2v) is 9.21. The quantitative estimate of drug-likeness (QED) is 0.477. The highest BCUT2D eigenvalue weighted by molar-refractivity contribution is 7.18. The molecule has 0 aliphatic heterocycles. The highest BCUT2D eigenvalue weighted by Crippen LogP contribution is 2.34. The number of alkyl halides is 3. The van der Waals surface area contributed by atoms with Crippen molar-refractivity contribution in [2.45, 2.75) is 44.6 Å². The summed E-state index contributed by atoms with van der Waals surface area (Å²) in [4.78, 5) is 27.5. The molecule has 0 spiro atoms. The summed E-state index contributed by atoms with van der Waals surface area (Å²) >= 11 is 1.52. The average Bonchev–Trinajstić information content (AvgIpc) is 3.18. The third-order valence-corrected chi connectivity index (χ3v) is 7.01. The van der Waals surface area contributed by atoms with Gasteiger partial charge in [0, 0.05) is 35.4 Å². The van der Waals surface area contributed by atoms with E-state index in [0.29, 0.717) is 22.3 Å². The number of halogens is 3. The van der Waals surface area contributed by atoms with Gasteiger partial charge in [-0.1, -0.05) is 12.1 Å². The topological polar surface area (TPSA) is 72.7 Å². The molecule has 0 bridgehead atoms.